The Hall–Kier alpha value is -1.70. The van der Waals surface area contributed by atoms with E-state index < -0.39 is 10.0 Å². The first-order chi connectivity index (χ1) is 11.9. The molecule has 0 saturated carbocycles. The molecular weight excluding hydrogens is 336 g/mol. The van der Waals surface area contributed by atoms with Gasteiger partial charge in [-0.1, -0.05) is 17.7 Å². The zero-order valence-corrected chi connectivity index (χ0v) is 16.0. The third-order valence-electron chi connectivity index (χ3n) is 4.76. The van der Waals surface area contributed by atoms with Crippen molar-refractivity contribution in [1.82, 2.24) is 19.0 Å². The van der Waals surface area contributed by atoms with Crippen LogP contribution >= 0.6 is 0 Å². The van der Waals surface area contributed by atoms with Crippen molar-refractivity contribution in [1.29, 1.82) is 0 Å². The Morgan fingerprint density at radius 3 is 2.24 bits per heavy atom. The average molecular weight is 362 g/mol. The zero-order chi connectivity index (χ0) is 18.0. The number of sulfonamides is 1. The highest BCUT2D eigenvalue weighted by molar-refractivity contribution is 7.89. The number of benzene rings is 1. The largest absolute Gasteiger partial charge is 0.296 e. The molecule has 1 aliphatic rings. The van der Waals surface area contributed by atoms with Crippen LogP contribution in [0.25, 0.3) is 0 Å². The minimum Gasteiger partial charge on any atom is -0.296 e. The van der Waals surface area contributed by atoms with Gasteiger partial charge in [-0.2, -0.15) is 9.40 Å². The van der Waals surface area contributed by atoms with Crippen LogP contribution in [0.1, 0.15) is 23.7 Å². The lowest BCUT2D eigenvalue weighted by Gasteiger charge is -2.33. The molecular formula is C18H26N4O2S. The van der Waals surface area contributed by atoms with Gasteiger partial charge in [-0.3, -0.25) is 9.58 Å². The van der Waals surface area contributed by atoms with Crippen molar-refractivity contribution in [3.63, 3.8) is 0 Å². The van der Waals surface area contributed by atoms with E-state index in [2.05, 4.69) is 23.1 Å². The van der Waals surface area contributed by atoms with Crippen LogP contribution in [0.15, 0.2) is 35.4 Å². The lowest BCUT2D eigenvalue weighted by Crippen LogP contribution is -2.48. The molecule has 1 saturated heterocycles. The fraction of sp³-hybridized carbons (Fsp3) is 0.500. The standard InChI is InChI=1S/C18H26N4O2S/c1-4-21-14-17(16(3)19-21)13-20-9-11-22(12-10-20)25(23,24)18-7-5-15(2)6-8-18/h5-8,14H,4,9-13H2,1-3H3. The Morgan fingerprint density at radius 2 is 1.68 bits per heavy atom. The molecule has 0 amide bonds. The number of hydrogen-bond donors (Lipinski definition) is 0. The predicted octanol–water partition coefficient (Wildman–Crippen LogP) is 2.03. The maximum atomic E-state index is 12.8. The molecule has 25 heavy (non-hydrogen) atoms. The van der Waals surface area contributed by atoms with Gasteiger partial charge in [0.15, 0.2) is 0 Å². The van der Waals surface area contributed by atoms with E-state index in [1.807, 2.05) is 30.7 Å². The molecule has 136 valence electrons. The van der Waals surface area contributed by atoms with Gasteiger partial charge in [0.05, 0.1) is 10.6 Å². The molecule has 6 nitrogen and oxygen atoms in total. The van der Waals surface area contributed by atoms with Crippen LogP contribution in [0.4, 0.5) is 0 Å². The fourth-order valence-corrected chi connectivity index (χ4v) is 4.53. The van der Waals surface area contributed by atoms with Crippen LogP contribution < -0.4 is 0 Å². The summed E-state index contributed by atoms with van der Waals surface area (Å²) in [6, 6.07) is 7.08. The highest BCUT2D eigenvalue weighted by Gasteiger charge is 2.28. The van der Waals surface area contributed by atoms with Gasteiger partial charge in [0, 0.05) is 51.0 Å². The Labute approximate surface area is 150 Å². The van der Waals surface area contributed by atoms with E-state index in [9.17, 15) is 8.42 Å². The lowest BCUT2D eigenvalue weighted by atomic mass is 10.2. The number of aryl methyl sites for hydroxylation is 3. The highest BCUT2D eigenvalue weighted by Crippen LogP contribution is 2.19. The third-order valence-corrected chi connectivity index (χ3v) is 6.67. The summed E-state index contributed by atoms with van der Waals surface area (Å²) in [7, 11) is -3.39. The van der Waals surface area contributed by atoms with E-state index in [1.54, 1.807) is 16.4 Å². The molecule has 1 aromatic carbocycles. The van der Waals surface area contributed by atoms with Crippen molar-refractivity contribution >= 4 is 10.0 Å². The number of hydrogen-bond acceptors (Lipinski definition) is 4. The molecule has 0 aliphatic carbocycles. The first-order valence-corrected chi connectivity index (χ1v) is 10.2. The monoisotopic (exact) mass is 362 g/mol. The molecule has 1 aliphatic heterocycles. The van der Waals surface area contributed by atoms with E-state index in [-0.39, 0.29) is 0 Å². The summed E-state index contributed by atoms with van der Waals surface area (Å²) in [6.45, 7) is 10.3. The van der Waals surface area contributed by atoms with E-state index >= 15 is 0 Å². The van der Waals surface area contributed by atoms with Crippen molar-refractivity contribution in [3.05, 3.63) is 47.3 Å². The van der Waals surface area contributed by atoms with Gasteiger partial charge in [0.25, 0.3) is 0 Å². The van der Waals surface area contributed by atoms with Crippen LogP contribution in [0.3, 0.4) is 0 Å². The smallest absolute Gasteiger partial charge is 0.243 e. The second-order valence-corrected chi connectivity index (χ2v) is 8.53. The fourth-order valence-electron chi connectivity index (χ4n) is 3.10. The Kier molecular flexibility index (Phi) is 5.27. The summed E-state index contributed by atoms with van der Waals surface area (Å²) < 4.78 is 29.0. The second kappa shape index (κ2) is 7.27. The summed E-state index contributed by atoms with van der Waals surface area (Å²) >= 11 is 0. The van der Waals surface area contributed by atoms with E-state index in [4.69, 9.17) is 0 Å². The number of aromatic nitrogens is 2. The molecule has 3 rings (SSSR count). The van der Waals surface area contributed by atoms with Crippen molar-refractivity contribution in [3.8, 4) is 0 Å². The number of rotatable bonds is 5. The normalized spacial score (nSPS) is 17.1. The molecule has 1 fully saturated rings. The van der Waals surface area contributed by atoms with E-state index in [1.165, 1.54) is 5.56 Å². The number of nitrogens with zero attached hydrogens (tertiary/aromatic N) is 4. The van der Waals surface area contributed by atoms with Gasteiger partial charge >= 0.3 is 0 Å². The summed E-state index contributed by atoms with van der Waals surface area (Å²) in [5, 5.41) is 4.48. The van der Waals surface area contributed by atoms with Crippen LogP contribution in [-0.2, 0) is 23.1 Å². The first-order valence-electron chi connectivity index (χ1n) is 8.72. The van der Waals surface area contributed by atoms with Gasteiger partial charge in [-0.05, 0) is 32.9 Å². The van der Waals surface area contributed by atoms with Crippen LogP contribution in [0.5, 0.6) is 0 Å². The SMILES string of the molecule is CCn1cc(CN2CCN(S(=O)(=O)c3ccc(C)cc3)CC2)c(C)n1. The molecule has 2 aromatic rings. The summed E-state index contributed by atoms with van der Waals surface area (Å²) in [4.78, 5) is 2.68. The lowest BCUT2D eigenvalue weighted by molar-refractivity contribution is 0.181. The van der Waals surface area contributed by atoms with Gasteiger partial charge in [-0.15, -0.1) is 0 Å². The van der Waals surface area contributed by atoms with Crippen LogP contribution in [-0.4, -0.2) is 53.6 Å². The van der Waals surface area contributed by atoms with E-state index in [0.717, 1.165) is 37.4 Å². The Balaban J connectivity index is 1.63. The van der Waals surface area contributed by atoms with Gasteiger partial charge in [0.2, 0.25) is 10.0 Å². The minimum absolute atomic E-state index is 0.381. The molecule has 1 aromatic heterocycles. The quantitative estimate of drug-likeness (QED) is 0.817. The molecule has 7 heteroatoms. The maximum Gasteiger partial charge on any atom is 0.243 e. The molecule has 2 heterocycles. The predicted molar refractivity (Wildman–Crippen MR) is 97.9 cm³/mol. The third kappa shape index (κ3) is 3.94. The molecule has 0 spiro atoms. The zero-order valence-electron chi connectivity index (χ0n) is 15.1. The molecule has 0 bridgehead atoms. The molecule has 0 radical (unpaired) electrons. The molecule has 0 atom stereocenters. The number of piperazine rings is 1. The van der Waals surface area contributed by atoms with Crippen molar-refractivity contribution in [2.24, 2.45) is 0 Å². The Bertz CT molecular complexity index is 819. The van der Waals surface area contributed by atoms with Gasteiger partial charge in [0.1, 0.15) is 0 Å². The van der Waals surface area contributed by atoms with Crippen molar-refractivity contribution in [2.45, 2.75) is 38.8 Å². The van der Waals surface area contributed by atoms with Crippen molar-refractivity contribution < 1.29 is 8.42 Å². The molecule has 0 unspecified atom stereocenters. The summed E-state index contributed by atoms with van der Waals surface area (Å²) in [5.41, 5.74) is 3.33. The minimum atomic E-state index is -3.39. The Morgan fingerprint density at radius 1 is 1.04 bits per heavy atom. The van der Waals surface area contributed by atoms with Crippen LogP contribution in [0.2, 0.25) is 0 Å². The summed E-state index contributed by atoms with van der Waals surface area (Å²) in [5.74, 6) is 0. The van der Waals surface area contributed by atoms with E-state index in [0.29, 0.717) is 18.0 Å². The van der Waals surface area contributed by atoms with Gasteiger partial charge in [-0.25, -0.2) is 8.42 Å². The van der Waals surface area contributed by atoms with Gasteiger partial charge < -0.3 is 0 Å². The first kappa shape index (κ1) is 18.1. The maximum absolute atomic E-state index is 12.8. The molecule has 0 N–H and O–H groups in total. The summed E-state index contributed by atoms with van der Waals surface area (Å²) in [6.07, 6.45) is 2.09. The average Bonchev–Trinajstić information content (AvgIpc) is 2.96. The topological polar surface area (TPSA) is 58.4 Å². The second-order valence-electron chi connectivity index (χ2n) is 6.59. The van der Waals surface area contributed by atoms with Crippen molar-refractivity contribution in [2.75, 3.05) is 26.2 Å². The highest BCUT2D eigenvalue weighted by atomic mass is 32.2. The van der Waals surface area contributed by atoms with Crippen LogP contribution in [0, 0.1) is 13.8 Å².